The second kappa shape index (κ2) is 12.3. The number of para-hydroxylation sites is 5. The van der Waals surface area contributed by atoms with Crippen LogP contribution in [0.15, 0.2) is 204 Å². The summed E-state index contributed by atoms with van der Waals surface area (Å²) in [7, 11) is 0. The Morgan fingerprint density at radius 2 is 0.700 bits per heavy atom. The number of aromatic nitrogens is 3. The summed E-state index contributed by atoms with van der Waals surface area (Å²) in [6.45, 7) is 0. The molecule has 0 atom stereocenters. The van der Waals surface area contributed by atoms with E-state index in [0.29, 0.717) is 0 Å². The summed E-state index contributed by atoms with van der Waals surface area (Å²) in [6, 6.07) is 72.1. The van der Waals surface area contributed by atoms with Crippen LogP contribution in [-0.2, 0) is 0 Å². The van der Waals surface area contributed by atoms with Gasteiger partial charge in [-0.25, -0.2) is 0 Å². The largest absolute Gasteiger partial charge is 0.318 e. The van der Waals surface area contributed by atoms with Crippen molar-refractivity contribution >= 4 is 99.4 Å². The fourth-order valence-corrected chi connectivity index (χ4v) is 13.5. The molecule has 0 amide bonds. The molecule has 14 rings (SSSR count). The van der Waals surface area contributed by atoms with Gasteiger partial charge in [-0.3, -0.25) is 0 Å². The summed E-state index contributed by atoms with van der Waals surface area (Å²) in [5.41, 5.74) is 17.5. The van der Waals surface area contributed by atoms with Gasteiger partial charge >= 0.3 is 5.27 Å². The molecule has 6 heteroatoms. The van der Waals surface area contributed by atoms with E-state index in [1.54, 1.807) is 0 Å². The molecule has 0 N–H and O–H groups in total. The number of hydrogen-bond donors (Lipinski definition) is 0. The van der Waals surface area contributed by atoms with Gasteiger partial charge in [-0.15, -0.1) is 0 Å². The number of rotatable bonds is 3. The molecule has 0 unspecified atom stereocenters. The van der Waals surface area contributed by atoms with Gasteiger partial charge in [-0.05, 0) is 94.4 Å². The highest BCUT2D eigenvalue weighted by Gasteiger charge is 2.37. The monoisotopic (exact) mass is 797 g/mol. The molecule has 0 bridgehead atoms. The Bertz CT molecular complexity index is 3720. The predicted molar refractivity (Wildman–Crippen MR) is 257 cm³/mol. The fourth-order valence-electron chi connectivity index (χ4n) is 10.5. The van der Waals surface area contributed by atoms with Crippen LogP contribution in [0.5, 0.6) is 0 Å². The third-order valence-electron chi connectivity index (χ3n) is 12.8. The van der Waals surface area contributed by atoms with Gasteiger partial charge in [-0.1, -0.05) is 127 Å². The first-order chi connectivity index (χ1) is 29.8. The minimum atomic E-state index is 0.284. The Kier molecular flexibility index (Phi) is 6.79. The van der Waals surface area contributed by atoms with Gasteiger partial charge in [0, 0.05) is 59.2 Å². The summed E-state index contributed by atoms with van der Waals surface area (Å²) in [4.78, 5) is 2.69. The Balaban J connectivity index is 1.26. The Morgan fingerprint density at radius 3 is 1.22 bits per heavy atom. The molecule has 0 aliphatic carbocycles. The lowest BCUT2D eigenvalue weighted by molar-refractivity contribution is 1.15. The highest BCUT2D eigenvalue weighted by atomic mass is 32.2. The fraction of sp³-hybridized carbons (Fsp3) is 0. The maximum Gasteiger partial charge on any atom is 0.318 e. The van der Waals surface area contributed by atoms with Crippen LogP contribution in [0.25, 0.3) is 105 Å². The second-order valence-corrected chi connectivity index (χ2v) is 18.5. The molecule has 9 aromatic carbocycles. The molecule has 3 nitrogen and oxygen atoms in total. The van der Waals surface area contributed by atoms with Gasteiger partial charge in [0.2, 0.25) is 0 Å². The van der Waals surface area contributed by atoms with Crippen molar-refractivity contribution in [3.8, 4) is 39.3 Å². The Morgan fingerprint density at radius 1 is 0.317 bits per heavy atom. The van der Waals surface area contributed by atoms with Gasteiger partial charge in [0.25, 0.3) is 0 Å². The van der Waals surface area contributed by atoms with Crippen molar-refractivity contribution in [1.29, 1.82) is 0 Å². The summed E-state index contributed by atoms with van der Waals surface area (Å²) >= 11 is 3.99. The Labute approximate surface area is 354 Å². The lowest BCUT2D eigenvalue weighted by Gasteiger charge is -2.32. The van der Waals surface area contributed by atoms with Crippen LogP contribution < -0.4 is 5.46 Å². The van der Waals surface area contributed by atoms with E-state index < -0.39 is 0 Å². The molecule has 0 spiro atoms. The topological polar surface area (TPSA) is 14.8 Å². The quantitative estimate of drug-likeness (QED) is 0.165. The van der Waals surface area contributed by atoms with Crippen molar-refractivity contribution in [2.24, 2.45) is 0 Å². The zero-order valence-corrected chi connectivity index (χ0v) is 33.8. The third kappa shape index (κ3) is 4.34. The van der Waals surface area contributed by atoms with Crippen molar-refractivity contribution < 1.29 is 0 Å². The van der Waals surface area contributed by atoms with E-state index in [0.717, 1.165) is 11.4 Å². The molecular formula is C54H32BN3S2. The van der Waals surface area contributed by atoms with Crippen LogP contribution in [0.4, 0.5) is 0 Å². The molecule has 3 aromatic heterocycles. The molecule has 0 fully saturated rings. The van der Waals surface area contributed by atoms with E-state index >= 15 is 0 Å². The minimum absolute atomic E-state index is 0.284. The van der Waals surface area contributed by atoms with Crippen LogP contribution in [0.1, 0.15) is 0 Å². The summed E-state index contributed by atoms with van der Waals surface area (Å²) in [5, 5.41) is 7.83. The van der Waals surface area contributed by atoms with Gasteiger partial charge in [-0.2, -0.15) is 23.2 Å². The molecule has 12 aromatic rings. The van der Waals surface area contributed by atoms with Crippen molar-refractivity contribution in [3.05, 3.63) is 194 Å². The standard InChI is InChI=1S/C54H32BN3S2/c1-3-17-33(18-4-1)56-43-26-12-8-24-39(43)49-48-38-23-7-13-27-44(38)58(52(48)50-40-25-9-14-28-45(40)57(54(50)53(49)56)34-19-5-2-6-20-34)35-31-41-36-21-10-15-29-46(36)59-55-51(41)42(32-35)37-22-11-16-30-47(37)60-55/h1-32H. The van der Waals surface area contributed by atoms with Crippen LogP contribution in [0.3, 0.4) is 0 Å². The van der Waals surface area contributed by atoms with Gasteiger partial charge in [0.15, 0.2) is 0 Å². The number of fused-ring (bicyclic) bond motifs is 16. The lowest BCUT2D eigenvalue weighted by atomic mass is 9.77. The molecule has 0 radical (unpaired) electrons. The van der Waals surface area contributed by atoms with E-state index in [9.17, 15) is 0 Å². The van der Waals surface area contributed by atoms with E-state index in [-0.39, 0.29) is 5.27 Å². The number of nitrogens with zero attached hydrogens (tertiary/aromatic N) is 3. The zero-order chi connectivity index (χ0) is 39.1. The van der Waals surface area contributed by atoms with Crippen molar-refractivity contribution in [2.45, 2.75) is 9.79 Å². The van der Waals surface area contributed by atoms with Crippen LogP contribution in [0.2, 0.25) is 0 Å². The number of benzene rings is 9. The molecule has 2 aliphatic rings. The third-order valence-corrected chi connectivity index (χ3v) is 15.5. The highest BCUT2D eigenvalue weighted by Crippen LogP contribution is 2.53. The SMILES string of the molecule is c1ccc(-n2c3ccccc3c3c4c5ccccc5n(-c5cc6c7c(c5)-c5ccccc5SB7Sc5ccccc5-6)c4c4c5ccccc5n(-c5ccccc5)c4c32)cc1. The smallest absolute Gasteiger partial charge is 0.308 e. The summed E-state index contributed by atoms with van der Waals surface area (Å²) < 4.78 is 7.65. The molecule has 2 aliphatic heterocycles. The summed E-state index contributed by atoms with van der Waals surface area (Å²) in [6.07, 6.45) is 0. The molecule has 60 heavy (non-hydrogen) atoms. The van der Waals surface area contributed by atoms with Crippen LogP contribution >= 0.6 is 23.2 Å². The van der Waals surface area contributed by atoms with Gasteiger partial charge < -0.3 is 13.7 Å². The first-order valence-corrected chi connectivity index (χ1v) is 22.3. The van der Waals surface area contributed by atoms with Crippen molar-refractivity contribution in [3.63, 3.8) is 0 Å². The summed E-state index contributed by atoms with van der Waals surface area (Å²) in [5.74, 6) is 0. The average Bonchev–Trinajstić information content (AvgIpc) is 3.96. The molecule has 0 saturated carbocycles. The predicted octanol–water partition coefficient (Wildman–Crippen LogP) is 14.2. The maximum atomic E-state index is 2.61. The second-order valence-electron chi connectivity index (χ2n) is 15.9. The molecule has 0 saturated heterocycles. The van der Waals surface area contributed by atoms with Crippen molar-refractivity contribution in [1.82, 2.24) is 13.7 Å². The lowest BCUT2D eigenvalue weighted by Crippen LogP contribution is -2.33. The van der Waals surface area contributed by atoms with Gasteiger partial charge in [0.05, 0.1) is 33.1 Å². The van der Waals surface area contributed by atoms with E-state index in [1.807, 2.05) is 23.2 Å². The van der Waals surface area contributed by atoms with E-state index in [4.69, 9.17) is 0 Å². The Hall–Kier alpha value is -6.86. The normalized spacial score (nSPS) is 13.2. The zero-order valence-electron chi connectivity index (χ0n) is 32.2. The van der Waals surface area contributed by atoms with Crippen LogP contribution in [-0.4, -0.2) is 19.0 Å². The maximum absolute atomic E-state index is 2.61. The van der Waals surface area contributed by atoms with E-state index in [1.165, 1.54) is 109 Å². The van der Waals surface area contributed by atoms with Crippen LogP contribution in [0, 0.1) is 0 Å². The number of hydrogen-bond acceptors (Lipinski definition) is 2. The highest BCUT2D eigenvalue weighted by molar-refractivity contribution is 8.56. The van der Waals surface area contributed by atoms with Gasteiger partial charge in [0.1, 0.15) is 0 Å². The first kappa shape index (κ1) is 33.0. The minimum Gasteiger partial charge on any atom is -0.308 e. The average molecular weight is 798 g/mol. The van der Waals surface area contributed by atoms with Crippen molar-refractivity contribution in [2.75, 3.05) is 0 Å². The van der Waals surface area contributed by atoms with E-state index in [2.05, 4.69) is 208 Å². The molecule has 5 heterocycles. The first-order valence-electron chi connectivity index (χ1n) is 20.5. The molecular weight excluding hydrogens is 766 g/mol. The molecule has 278 valence electrons.